The van der Waals surface area contributed by atoms with Gasteiger partial charge in [0.1, 0.15) is 0 Å². The molecule has 0 aliphatic rings. The number of hydrogen-bond donors (Lipinski definition) is 1. The van der Waals surface area contributed by atoms with Gasteiger partial charge in [-0.05, 0) is 29.7 Å². The normalized spacial score (nSPS) is 14.8. The molecular formula is C18H17F3N2. The quantitative estimate of drug-likeness (QED) is 0.697. The summed E-state index contributed by atoms with van der Waals surface area (Å²) < 4.78 is 40.3. The van der Waals surface area contributed by atoms with Gasteiger partial charge in [0.15, 0.2) is 0 Å². The number of alkyl halides is 3. The zero-order valence-electron chi connectivity index (χ0n) is 12.9. The predicted molar refractivity (Wildman–Crippen MR) is 84.3 cm³/mol. The molecule has 0 aliphatic carbocycles. The third-order valence-electron chi connectivity index (χ3n) is 4.61. The lowest BCUT2D eigenvalue weighted by Crippen LogP contribution is -2.23. The molecule has 1 N–H and O–H groups in total. The molecule has 0 saturated heterocycles. The molecule has 0 spiro atoms. The minimum Gasteiger partial charge on any atom is -0.277 e. The first kappa shape index (κ1) is 15.6. The van der Waals surface area contributed by atoms with Gasteiger partial charge in [-0.15, -0.1) is 0 Å². The van der Waals surface area contributed by atoms with Crippen LogP contribution in [0.1, 0.15) is 37.0 Å². The summed E-state index contributed by atoms with van der Waals surface area (Å²) in [7, 11) is 0. The van der Waals surface area contributed by atoms with Crippen molar-refractivity contribution in [2.24, 2.45) is 0 Å². The fourth-order valence-electron chi connectivity index (χ4n) is 2.98. The van der Waals surface area contributed by atoms with Crippen molar-refractivity contribution in [3.8, 4) is 0 Å². The molecule has 1 unspecified atom stereocenters. The van der Waals surface area contributed by atoms with Crippen LogP contribution >= 0.6 is 0 Å². The Balaban J connectivity index is 2.26. The Kier molecular flexibility index (Phi) is 3.66. The van der Waals surface area contributed by atoms with Crippen LogP contribution in [0.25, 0.3) is 10.9 Å². The van der Waals surface area contributed by atoms with E-state index in [4.69, 9.17) is 0 Å². The first-order chi connectivity index (χ1) is 10.9. The molecule has 2 nitrogen and oxygen atoms in total. The molecule has 1 aromatic heterocycles. The van der Waals surface area contributed by atoms with E-state index in [0.717, 1.165) is 5.56 Å². The van der Waals surface area contributed by atoms with Gasteiger partial charge in [0.2, 0.25) is 0 Å². The van der Waals surface area contributed by atoms with Gasteiger partial charge in [-0.1, -0.05) is 44.2 Å². The third kappa shape index (κ3) is 2.60. The maximum Gasteiger partial charge on any atom is 0.418 e. The molecule has 1 atom stereocenters. The molecule has 23 heavy (non-hydrogen) atoms. The molecule has 0 bridgehead atoms. The van der Waals surface area contributed by atoms with Crippen LogP contribution in [0.2, 0.25) is 0 Å². The van der Waals surface area contributed by atoms with Crippen LogP contribution in [0.3, 0.4) is 0 Å². The number of fused-ring (bicyclic) bond motifs is 1. The summed E-state index contributed by atoms with van der Waals surface area (Å²) in [5.74, 6) is 0. The van der Waals surface area contributed by atoms with Crippen molar-refractivity contribution in [2.45, 2.75) is 31.9 Å². The lowest BCUT2D eigenvalue weighted by molar-refractivity contribution is -0.136. The summed E-state index contributed by atoms with van der Waals surface area (Å²) in [6.07, 6.45) is -2.29. The first-order valence-electron chi connectivity index (χ1n) is 7.46. The molecule has 1 heterocycles. The van der Waals surface area contributed by atoms with E-state index in [1.165, 1.54) is 12.3 Å². The van der Waals surface area contributed by atoms with Crippen molar-refractivity contribution in [3.63, 3.8) is 0 Å². The number of benzene rings is 2. The van der Waals surface area contributed by atoms with Crippen LogP contribution in [0.4, 0.5) is 13.2 Å². The number of hydrogen-bond acceptors (Lipinski definition) is 1. The maximum atomic E-state index is 13.4. The van der Waals surface area contributed by atoms with E-state index >= 15 is 0 Å². The Hall–Kier alpha value is -2.30. The van der Waals surface area contributed by atoms with Gasteiger partial charge in [0.05, 0.1) is 17.3 Å². The minimum atomic E-state index is -4.42. The fourth-order valence-corrected chi connectivity index (χ4v) is 2.98. The monoisotopic (exact) mass is 318 g/mol. The summed E-state index contributed by atoms with van der Waals surface area (Å²) in [4.78, 5) is 0. The van der Waals surface area contributed by atoms with Crippen molar-refractivity contribution in [1.29, 1.82) is 0 Å². The van der Waals surface area contributed by atoms with Gasteiger partial charge >= 0.3 is 6.18 Å². The van der Waals surface area contributed by atoms with E-state index in [1.807, 2.05) is 44.2 Å². The molecule has 0 radical (unpaired) electrons. The molecule has 0 saturated carbocycles. The van der Waals surface area contributed by atoms with Crippen LogP contribution in [0.5, 0.6) is 0 Å². The van der Waals surface area contributed by atoms with Crippen molar-refractivity contribution >= 4 is 10.9 Å². The van der Waals surface area contributed by atoms with E-state index in [2.05, 4.69) is 10.2 Å². The van der Waals surface area contributed by atoms with E-state index in [-0.39, 0.29) is 5.52 Å². The molecule has 120 valence electrons. The Morgan fingerprint density at radius 3 is 2.35 bits per heavy atom. The van der Waals surface area contributed by atoms with Gasteiger partial charge in [-0.2, -0.15) is 18.3 Å². The van der Waals surface area contributed by atoms with Crippen molar-refractivity contribution in [3.05, 3.63) is 65.4 Å². The number of rotatable bonds is 3. The molecule has 0 amide bonds. The molecule has 3 aromatic rings. The molecule has 5 heteroatoms. The lowest BCUT2D eigenvalue weighted by Gasteiger charge is -2.30. The summed E-state index contributed by atoms with van der Waals surface area (Å²) in [6.45, 7) is 3.96. The highest BCUT2D eigenvalue weighted by Gasteiger charge is 2.36. The summed E-state index contributed by atoms with van der Waals surface area (Å²) in [5, 5.41) is 6.71. The van der Waals surface area contributed by atoms with Crippen LogP contribution < -0.4 is 0 Å². The number of aromatic nitrogens is 2. The van der Waals surface area contributed by atoms with E-state index < -0.39 is 17.2 Å². The number of halogens is 3. The molecule has 0 fully saturated rings. The number of nitrogens with zero attached hydrogens (tertiary/aromatic N) is 1. The Bertz CT molecular complexity index is 821. The maximum absolute atomic E-state index is 13.4. The highest BCUT2D eigenvalue weighted by molar-refractivity contribution is 5.83. The van der Waals surface area contributed by atoms with Crippen LogP contribution in [0, 0.1) is 0 Å². The Morgan fingerprint density at radius 2 is 1.74 bits per heavy atom. The van der Waals surface area contributed by atoms with E-state index in [0.29, 0.717) is 17.4 Å². The average molecular weight is 318 g/mol. The van der Waals surface area contributed by atoms with Gasteiger partial charge in [-0.3, -0.25) is 5.10 Å². The van der Waals surface area contributed by atoms with Crippen LogP contribution in [0.15, 0.2) is 48.7 Å². The second-order valence-electron chi connectivity index (χ2n) is 5.91. The smallest absolute Gasteiger partial charge is 0.277 e. The number of aromatic amines is 1. The molecule has 3 rings (SSSR count). The van der Waals surface area contributed by atoms with Crippen molar-refractivity contribution < 1.29 is 13.2 Å². The lowest BCUT2D eigenvalue weighted by atomic mass is 9.73. The SMILES string of the molecule is CCC(C)(c1ccccc1)c1cc(C(F)(F)F)c2[nH]ncc2c1. The van der Waals surface area contributed by atoms with Crippen molar-refractivity contribution in [1.82, 2.24) is 10.2 Å². The van der Waals surface area contributed by atoms with E-state index in [1.54, 1.807) is 6.07 Å². The summed E-state index contributed by atoms with van der Waals surface area (Å²) in [6, 6.07) is 12.7. The number of nitrogens with one attached hydrogen (secondary N) is 1. The Morgan fingerprint density at radius 1 is 1.04 bits per heavy atom. The molecule has 2 aromatic carbocycles. The topological polar surface area (TPSA) is 28.7 Å². The van der Waals surface area contributed by atoms with E-state index in [9.17, 15) is 13.2 Å². The largest absolute Gasteiger partial charge is 0.418 e. The third-order valence-corrected chi connectivity index (χ3v) is 4.61. The predicted octanol–water partition coefficient (Wildman–Crippen LogP) is 5.30. The van der Waals surface area contributed by atoms with Gasteiger partial charge in [-0.25, -0.2) is 0 Å². The number of H-pyrrole nitrogens is 1. The van der Waals surface area contributed by atoms with Gasteiger partial charge < -0.3 is 0 Å². The highest BCUT2D eigenvalue weighted by atomic mass is 19.4. The fraction of sp³-hybridized carbons (Fsp3) is 0.278. The Labute approximate surface area is 132 Å². The minimum absolute atomic E-state index is 0.0350. The summed E-state index contributed by atoms with van der Waals surface area (Å²) in [5.41, 5.74) is 0.518. The summed E-state index contributed by atoms with van der Waals surface area (Å²) >= 11 is 0. The van der Waals surface area contributed by atoms with Gasteiger partial charge in [0, 0.05) is 10.8 Å². The second-order valence-corrected chi connectivity index (χ2v) is 5.91. The van der Waals surface area contributed by atoms with Gasteiger partial charge in [0.25, 0.3) is 0 Å². The average Bonchev–Trinajstić information content (AvgIpc) is 3.01. The standard InChI is InChI=1S/C18H17F3N2/c1-3-17(2,13-7-5-4-6-8-13)14-9-12-11-22-23-16(12)15(10-14)18(19,20)21/h4-11H,3H2,1-2H3,(H,22,23). The van der Waals surface area contributed by atoms with Crippen LogP contribution in [-0.2, 0) is 11.6 Å². The highest BCUT2D eigenvalue weighted by Crippen LogP contribution is 2.41. The first-order valence-corrected chi connectivity index (χ1v) is 7.46. The van der Waals surface area contributed by atoms with Crippen molar-refractivity contribution in [2.75, 3.05) is 0 Å². The second kappa shape index (κ2) is 5.41. The zero-order valence-corrected chi connectivity index (χ0v) is 12.9. The molecular weight excluding hydrogens is 301 g/mol. The molecule has 0 aliphatic heterocycles. The zero-order chi connectivity index (χ0) is 16.7. The van der Waals surface area contributed by atoms with Crippen LogP contribution in [-0.4, -0.2) is 10.2 Å².